The van der Waals surface area contributed by atoms with Gasteiger partial charge in [0.15, 0.2) is 17.0 Å². The Morgan fingerprint density at radius 2 is 2.05 bits per heavy atom. The third-order valence-electron chi connectivity index (χ3n) is 3.11. The van der Waals surface area contributed by atoms with Gasteiger partial charge in [0.25, 0.3) is 0 Å². The van der Waals surface area contributed by atoms with Crippen LogP contribution in [0.2, 0.25) is 5.15 Å². The molecule has 1 saturated heterocycles. The topological polar surface area (TPSA) is 114 Å². The van der Waals surface area contributed by atoms with Crippen LogP contribution < -0.4 is 0 Å². The van der Waals surface area contributed by atoms with Crippen LogP contribution in [0, 0.1) is 0 Å². The number of ether oxygens (including phenoxy) is 1. The Balaban J connectivity index is 2.04. The van der Waals surface area contributed by atoms with Gasteiger partial charge in [-0.2, -0.15) is 0 Å². The minimum atomic E-state index is -1.19. The number of halogens is 1. The molecule has 0 bridgehead atoms. The molecule has 8 nitrogen and oxygen atoms in total. The quantitative estimate of drug-likeness (QED) is 0.613. The Morgan fingerprint density at radius 3 is 2.74 bits per heavy atom. The lowest BCUT2D eigenvalue weighted by atomic mass is 10.1. The molecule has 0 aliphatic carbocycles. The minimum Gasteiger partial charge on any atom is -0.394 e. The largest absolute Gasteiger partial charge is 0.394 e. The molecule has 102 valence electrons. The van der Waals surface area contributed by atoms with E-state index in [2.05, 4.69) is 15.0 Å². The number of nitrogens with zero attached hydrogens (tertiary/aromatic N) is 4. The number of fused-ring (bicyclic) bond motifs is 1. The van der Waals surface area contributed by atoms with Gasteiger partial charge in [0.1, 0.15) is 30.2 Å². The average Bonchev–Trinajstić information content (AvgIpc) is 2.94. The van der Waals surface area contributed by atoms with Gasteiger partial charge >= 0.3 is 0 Å². The number of aliphatic hydroxyl groups is 3. The number of hydrogen-bond donors (Lipinski definition) is 3. The van der Waals surface area contributed by atoms with Gasteiger partial charge in [-0.3, -0.25) is 4.57 Å². The second-order valence-electron chi connectivity index (χ2n) is 4.22. The van der Waals surface area contributed by atoms with Crippen LogP contribution in [0.15, 0.2) is 12.7 Å². The zero-order valence-corrected chi connectivity index (χ0v) is 10.3. The first-order valence-electron chi connectivity index (χ1n) is 5.59. The number of imidazole rings is 1. The van der Waals surface area contributed by atoms with E-state index >= 15 is 0 Å². The Bertz CT molecular complexity index is 606. The van der Waals surface area contributed by atoms with Gasteiger partial charge in [0.05, 0.1) is 12.9 Å². The lowest BCUT2D eigenvalue weighted by Gasteiger charge is -2.16. The van der Waals surface area contributed by atoms with E-state index in [1.807, 2.05) is 0 Å². The van der Waals surface area contributed by atoms with E-state index < -0.39 is 31.1 Å². The van der Waals surface area contributed by atoms with Crippen LogP contribution in [0.4, 0.5) is 0 Å². The van der Waals surface area contributed by atoms with E-state index in [0.717, 1.165) is 0 Å². The first-order valence-corrected chi connectivity index (χ1v) is 5.96. The van der Waals surface area contributed by atoms with Crippen molar-refractivity contribution in [1.29, 1.82) is 0 Å². The molecule has 3 heterocycles. The van der Waals surface area contributed by atoms with Crippen LogP contribution in [-0.4, -0.2) is 59.8 Å². The monoisotopic (exact) mass is 286 g/mol. The molecule has 1 fully saturated rings. The van der Waals surface area contributed by atoms with E-state index in [4.69, 9.17) is 21.4 Å². The first-order chi connectivity index (χ1) is 9.13. The van der Waals surface area contributed by atoms with Gasteiger partial charge in [0, 0.05) is 0 Å². The molecule has 2 aromatic heterocycles. The lowest BCUT2D eigenvalue weighted by molar-refractivity contribution is -0.0511. The van der Waals surface area contributed by atoms with E-state index in [9.17, 15) is 10.2 Å². The molecule has 9 heteroatoms. The number of aromatic nitrogens is 4. The minimum absolute atomic E-state index is 0.190. The molecule has 0 radical (unpaired) electrons. The van der Waals surface area contributed by atoms with Gasteiger partial charge in [-0.25, -0.2) is 15.0 Å². The zero-order chi connectivity index (χ0) is 13.6. The van der Waals surface area contributed by atoms with Crippen molar-refractivity contribution >= 4 is 22.8 Å². The molecule has 0 unspecified atom stereocenters. The van der Waals surface area contributed by atoms with Crippen LogP contribution in [-0.2, 0) is 4.74 Å². The molecule has 0 amide bonds. The Morgan fingerprint density at radius 1 is 1.26 bits per heavy atom. The molecule has 2 aromatic rings. The van der Waals surface area contributed by atoms with E-state index in [1.165, 1.54) is 17.2 Å². The second-order valence-corrected chi connectivity index (χ2v) is 4.58. The van der Waals surface area contributed by atoms with Gasteiger partial charge in [-0.15, -0.1) is 0 Å². The fourth-order valence-electron chi connectivity index (χ4n) is 2.12. The zero-order valence-electron chi connectivity index (χ0n) is 9.59. The smallest absolute Gasteiger partial charge is 0.167 e. The molecular formula is C10H11ClN4O4. The third-order valence-corrected chi connectivity index (χ3v) is 3.38. The Hall–Kier alpha value is -1.32. The molecule has 0 spiro atoms. The van der Waals surface area contributed by atoms with E-state index in [0.29, 0.717) is 11.2 Å². The summed E-state index contributed by atoms with van der Waals surface area (Å²) in [5.41, 5.74) is 0.761. The average molecular weight is 287 g/mol. The summed E-state index contributed by atoms with van der Waals surface area (Å²) < 4.78 is 6.85. The van der Waals surface area contributed by atoms with Crippen molar-refractivity contribution in [1.82, 2.24) is 19.5 Å². The molecule has 1 aliphatic rings. The summed E-state index contributed by atoms with van der Waals surface area (Å²) in [5, 5.41) is 28.9. The number of rotatable bonds is 2. The highest BCUT2D eigenvalue weighted by Crippen LogP contribution is 2.31. The molecule has 0 saturated carbocycles. The van der Waals surface area contributed by atoms with Crippen LogP contribution >= 0.6 is 11.6 Å². The van der Waals surface area contributed by atoms with Crippen molar-refractivity contribution in [2.24, 2.45) is 0 Å². The predicted octanol–water partition coefficient (Wildman–Crippen LogP) is -0.909. The third kappa shape index (κ3) is 1.88. The Labute approximate surface area is 112 Å². The summed E-state index contributed by atoms with van der Waals surface area (Å²) in [6.07, 6.45) is -1.44. The first kappa shape index (κ1) is 12.7. The van der Waals surface area contributed by atoms with Crippen molar-refractivity contribution in [2.75, 3.05) is 6.61 Å². The molecule has 3 rings (SSSR count). The molecule has 3 N–H and O–H groups in total. The fraction of sp³-hybridized carbons (Fsp3) is 0.500. The van der Waals surface area contributed by atoms with Crippen molar-refractivity contribution in [3.8, 4) is 0 Å². The maximum Gasteiger partial charge on any atom is 0.167 e. The standard InChI is InChI=1S/C10H11ClN4O4/c11-8-5-9(13-2-12-8)15(3-14-5)10-7(18)6(17)4(1-16)19-10/h2-4,6-7,10,16-18H,1H2/t4-,6-,7+,10+/m1/s1. The van der Waals surface area contributed by atoms with Crippen LogP contribution in [0.5, 0.6) is 0 Å². The van der Waals surface area contributed by atoms with Crippen molar-refractivity contribution in [3.05, 3.63) is 17.8 Å². The molecule has 19 heavy (non-hydrogen) atoms. The number of aliphatic hydroxyl groups excluding tert-OH is 3. The molecule has 1 aliphatic heterocycles. The van der Waals surface area contributed by atoms with Crippen LogP contribution in [0.25, 0.3) is 11.2 Å². The summed E-state index contributed by atoms with van der Waals surface area (Å²) in [6.45, 7) is -0.392. The summed E-state index contributed by atoms with van der Waals surface area (Å²) >= 11 is 5.88. The van der Waals surface area contributed by atoms with Gasteiger partial charge in [0.2, 0.25) is 0 Å². The van der Waals surface area contributed by atoms with Gasteiger partial charge in [-0.05, 0) is 0 Å². The normalized spacial score (nSPS) is 31.2. The van der Waals surface area contributed by atoms with Crippen LogP contribution in [0.3, 0.4) is 0 Å². The predicted molar refractivity (Wildman–Crippen MR) is 63.3 cm³/mol. The van der Waals surface area contributed by atoms with Crippen LogP contribution in [0.1, 0.15) is 6.23 Å². The lowest BCUT2D eigenvalue weighted by Crippen LogP contribution is -2.33. The highest BCUT2D eigenvalue weighted by atomic mass is 35.5. The summed E-state index contributed by atoms with van der Waals surface area (Å²) in [6, 6.07) is 0. The highest BCUT2D eigenvalue weighted by Gasteiger charge is 2.43. The highest BCUT2D eigenvalue weighted by molar-refractivity contribution is 6.33. The van der Waals surface area contributed by atoms with Gasteiger partial charge < -0.3 is 20.1 Å². The fourth-order valence-corrected chi connectivity index (χ4v) is 2.30. The maximum atomic E-state index is 9.95. The molecule has 4 atom stereocenters. The maximum absolute atomic E-state index is 9.95. The molecular weight excluding hydrogens is 276 g/mol. The van der Waals surface area contributed by atoms with Crippen molar-refractivity contribution in [2.45, 2.75) is 24.5 Å². The summed E-state index contributed by atoms with van der Waals surface area (Å²) in [4.78, 5) is 11.9. The second kappa shape index (κ2) is 4.66. The Kier molecular flexibility index (Phi) is 3.11. The van der Waals surface area contributed by atoms with Gasteiger partial charge in [-0.1, -0.05) is 11.6 Å². The van der Waals surface area contributed by atoms with E-state index in [-0.39, 0.29) is 5.15 Å². The summed E-state index contributed by atoms with van der Waals surface area (Å²) in [5.74, 6) is 0. The van der Waals surface area contributed by atoms with Crippen molar-refractivity contribution < 1.29 is 20.1 Å². The number of hydrogen-bond acceptors (Lipinski definition) is 7. The van der Waals surface area contributed by atoms with E-state index in [1.54, 1.807) is 0 Å². The molecule has 0 aromatic carbocycles. The SMILES string of the molecule is OC[C@H]1O[C@H](n2cnc3c(Cl)ncnc32)[C@@H](O)[C@@H]1O. The summed E-state index contributed by atoms with van der Waals surface area (Å²) in [7, 11) is 0. The van der Waals surface area contributed by atoms with Crippen molar-refractivity contribution in [3.63, 3.8) is 0 Å².